The van der Waals surface area contributed by atoms with Crippen LogP contribution in [-0.4, -0.2) is 42.9 Å². The summed E-state index contributed by atoms with van der Waals surface area (Å²) in [5.74, 6) is -1.59. The highest BCUT2D eigenvalue weighted by Gasteiger charge is 2.47. The number of halogens is 2. The molecular weight excluding hydrogens is 431 g/mol. The Hall–Kier alpha value is -3.33. The van der Waals surface area contributed by atoms with Crippen LogP contribution < -0.4 is 14.8 Å². The van der Waals surface area contributed by atoms with E-state index >= 15 is 0 Å². The molecule has 2 aromatic rings. The summed E-state index contributed by atoms with van der Waals surface area (Å²) < 4.78 is 29.4. The van der Waals surface area contributed by atoms with Gasteiger partial charge in [-0.15, -0.1) is 0 Å². The fourth-order valence-corrected chi connectivity index (χ4v) is 4.02. The Morgan fingerprint density at radius 3 is 2.68 bits per heavy atom. The van der Waals surface area contributed by atoms with Crippen molar-refractivity contribution in [2.75, 3.05) is 19.5 Å². The number of anilines is 1. The molecule has 2 heterocycles. The monoisotopic (exact) mass is 448 g/mol. The molecule has 0 radical (unpaired) electrons. The van der Waals surface area contributed by atoms with Crippen molar-refractivity contribution in [1.82, 2.24) is 4.90 Å². The average molecular weight is 449 g/mol. The van der Waals surface area contributed by atoms with E-state index in [0.29, 0.717) is 11.3 Å². The molecule has 1 saturated heterocycles. The van der Waals surface area contributed by atoms with Crippen molar-refractivity contribution < 1.29 is 33.0 Å². The summed E-state index contributed by atoms with van der Waals surface area (Å²) >= 11 is 5.77. The molecular formula is C21H18ClFN2O6. The molecule has 1 fully saturated rings. The first-order valence-corrected chi connectivity index (χ1v) is 9.76. The fourth-order valence-electron chi connectivity index (χ4n) is 3.84. The molecule has 2 atom stereocenters. The van der Waals surface area contributed by atoms with E-state index < -0.39 is 30.0 Å². The van der Waals surface area contributed by atoms with Gasteiger partial charge in [-0.2, -0.15) is 0 Å². The van der Waals surface area contributed by atoms with Gasteiger partial charge in [0.25, 0.3) is 0 Å². The molecule has 1 N–H and O–H groups in total. The number of methoxy groups -OCH3 is 2. The Labute approximate surface area is 181 Å². The minimum Gasteiger partial charge on any atom is -0.493 e. The Bertz CT molecular complexity index is 1090. The first kappa shape index (κ1) is 20.9. The van der Waals surface area contributed by atoms with Crippen molar-refractivity contribution in [3.05, 3.63) is 52.3 Å². The molecule has 8 nitrogen and oxygen atoms in total. The highest BCUT2D eigenvalue weighted by molar-refractivity contribution is 6.31. The third kappa shape index (κ3) is 3.54. The van der Waals surface area contributed by atoms with E-state index in [1.165, 1.54) is 31.3 Å². The Balaban J connectivity index is 1.64. The van der Waals surface area contributed by atoms with E-state index in [-0.39, 0.29) is 40.8 Å². The SMILES string of the molecule is COc1ccc2c(c1OC)C(=O)OC2N1C(=O)CC[C@H]1C(=O)Nc1ccc(F)c(Cl)c1. The minimum absolute atomic E-state index is 0.110. The minimum atomic E-state index is -1.08. The van der Waals surface area contributed by atoms with E-state index in [0.717, 1.165) is 6.07 Å². The molecule has 0 bridgehead atoms. The zero-order valence-corrected chi connectivity index (χ0v) is 17.4. The number of likely N-dealkylation sites (tertiary alicyclic amines) is 1. The van der Waals surface area contributed by atoms with Gasteiger partial charge < -0.3 is 19.5 Å². The van der Waals surface area contributed by atoms with Crippen molar-refractivity contribution in [3.8, 4) is 11.5 Å². The van der Waals surface area contributed by atoms with Gasteiger partial charge in [0.15, 0.2) is 11.5 Å². The van der Waals surface area contributed by atoms with Gasteiger partial charge in [-0.3, -0.25) is 14.5 Å². The zero-order chi connectivity index (χ0) is 22.3. The van der Waals surface area contributed by atoms with Crippen LogP contribution in [0.4, 0.5) is 10.1 Å². The summed E-state index contributed by atoms with van der Waals surface area (Å²) in [5, 5.41) is 2.49. The summed E-state index contributed by atoms with van der Waals surface area (Å²) in [6.45, 7) is 0. The average Bonchev–Trinajstić information content (AvgIpc) is 3.29. The largest absolute Gasteiger partial charge is 0.493 e. The molecule has 162 valence electrons. The van der Waals surface area contributed by atoms with Crippen LogP contribution in [0.2, 0.25) is 5.02 Å². The molecule has 1 unspecified atom stereocenters. The van der Waals surface area contributed by atoms with E-state index in [9.17, 15) is 18.8 Å². The predicted molar refractivity (Wildman–Crippen MR) is 108 cm³/mol. The maximum atomic E-state index is 13.4. The number of hydrogen-bond acceptors (Lipinski definition) is 6. The molecule has 4 rings (SSSR count). The standard InChI is InChI=1S/C21H18ClFN2O6/c1-29-15-7-4-11-17(18(15)30-2)21(28)31-20(11)25-14(6-8-16(25)26)19(27)24-10-3-5-13(23)12(22)9-10/h3-5,7,9,14,20H,6,8H2,1-2H3,(H,24,27)/t14-,20?/m0/s1. The van der Waals surface area contributed by atoms with Crippen LogP contribution in [-0.2, 0) is 14.3 Å². The van der Waals surface area contributed by atoms with Crippen LogP contribution in [0.3, 0.4) is 0 Å². The number of benzene rings is 2. The lowest BCUT2D eigenvalue weighted by Gasteiger charge is -2.29. The third-order valence-corrected chi connectivity index (χ3v) is 5.55. The lowest BCUT2D eigenvalue weighted by atomic mass is 10.1. The molecule has 0 spiro atoms. The number of esters is 1. The van der Waals surface area contributed by atoms with Gasteiger partial charge in [0.05, 0.1) is 19.2 Å². The van der Waals surface area contributed by atoms with Gasteiger partial charge in [0.1, 0.15) is 17.4 Å². The molecule has 0 saturated carbocycles. The maximum absolute atomic E-state index is 13.4. The summed E-state index contributed by atoms with van der Waals surface area (Å²) in [5.41, 5.74) is 0.836. The summed E-state index contributed by atoms with van der Waals surface area (Å²) in [6, 6.07) is 6.08. The van der Waals surface area contributed by atoms with Crippen LogP contribution in [0.1, 0.15) is 35.0 Å². The van der Waals surface area contributed by atoms with Crippen LogP contribution in [0.5, 0.6) is 11.5 Å². The first-order chi connectivity index (χ1) is 14.8. The molecule has 2 aliphatic rings. The molecule has 2 amide bonds. The molecule has 10 heteroatoms. The van der Waals surface area contributed by atoms with Gasteiger partial charge in [-0.05, 0) is 36.8 Å². The van der Waals surface area contributed by atoms with Gasteiger partial charge in [0, 0.05) is 17.7 Å². The molecule has 2 aromatic carbocycles. The maximum Gasteiger partial charge on any atom is 0.344 e. The van der Waals surface area contributed by atoms with E-state index in [4.69, 9.17) is 25.8 Å². The number of amides is 2. The summed E-state index contributed by atoms with van der Waals surface area (Å²) in [7, 11) is 2.83. The first-order valence-electron chi connectivity index (χ1n) is 9.38. The Kier molecular flexibility index (Phi) is 5.45. The predicted octanol–water partition coefficient (Wildman–Crippen LogP) is 3.30. The van der Waals surface area contributed by atoms with Gasteiger partial charge in [-0.1, -0.05) is 11.6 Å². The number of nitrogens with one attached hydrogen (secondary N) is 1. The smallest absolute Gasteiger partial charge is 0.344 e. The van der Waals surface area contributed by atoms with E-state index in [2.05, 4.69) is 5.32 Å². The van der Waals surface area contributed by atoms with E-state index in [1.54, 1.807) is 12.1 Å². The van der Waals surface area contributed by atoms with Crippen molar-refractivity contribution in [2.24, 2.45) is 0 Å². The topological polar surface area (TPSA) is 94.2 Å². The van der Waals surface area contributed by atoms with Crippen molar-refractivity contribution in [3.63, 3.8) is 0 Å². The van der Waals surface area contributed by atoms with Crippen molar-refractivity contribution >= 4 is 35.1 Å². The normalized spacial score (nSPS) is 19.8. The van der Waals surface area contributed by atoms with Gasteiger partial charge in [0.2, 0.25) is 18.0 Å². The highest BCUT2D eigenvalue weighted by atomic mass is 35.5. The molecule has 0 aliphatic carbocycles. The number of carbonyl (C=O) groups excluding carboxylic acids is 3. The second-order valence-corrected chi connectivity index (χ2v) is 7.40. The van der Waals surface area contributed by atoms with Crippen LogP contribution >= 0.6 is 11.6 Å². The number of ether oxygens (including phenoxy) is 3. The van der Waals surface area contributed by atoms with Gasteiger partial charge in [-0.25, -0.2) is 9.18 Å². The molecule has 2 aliphatic heterocycles. The zero-order valence-electron chi connectivity index (χ0n) is 16.6. The number of carbonyl (C=O) groups is 3. The highest BCUT2D eigenvalue weighted by Crippen LogP contribution is 2.45. The number of hydrogen-bond donors (Lipinski definition) is 1. The molecule has 31 heavy (non-hydrogen) atoms. The number of cyclic esters (lactones) is 1. The quantitative estimate of drug-likeness (QED) is 0.705. The van der Waals surface area contributed by atoms with Crippen molar-refractivity contribution in [1.29, 1.82) is 0 Å². The Morgan fingerprint density at radius 2 is 2.00 bits per heavy atom. The fraction of sp³-hybridized carbons (Fsp3) is 0.286. The second-order valence-electron chi connectivity index (χ2n) is 7.00. The Morgan fingerprint density at radius 1 is 1.23 bits per heavy atom. The summed E-state index contributed by atoms with van der Waals surface area (Å²) in [6.07, 6.45) is -0.736. The van der Waals surface area contributed by atoms with Crippen LogP contribution in [0, 0.1) is 5.82 Å². The van der Waals surface area contributed by atoms with Gasteiger partial charge >= 0.3 is 5.97 Å². The van der Waals surface area contributed by atoms with Crippen molar-refractivity contribution in [2.45, 2.75) is 25.1 Å². The summed E-state index contributed by atoms with van der Waals surface area (Å²) in [4.78, 5) is 39.4. The lowest BCUT2D eigenvalue weighted by molar-refractivity contribution is -0.144. The van der Waals surface area contributed by atoms with Crippen LogP contribution in [0.15, 0.2) is 30.3 Å². The second kappa shape index (κ2) is 8.07. The number of rotatable bonds is 5. The molecule has 0 aromatic heterocycles. The lowest BCUT2D eigenvalue weighted by Crippen LogP contribution is -2.43. The van der Waals surface area contributed by atoms with Crippen LogP contribution in [0.25, 0.3) is 0 Å². The number of fused-ring (bicyclic) bond motifs is 1. The van der Waals surface area contributed by atoms with E-state index in [1.807, 2.05) is 0 Å². The number of nitrogens with zero attached hydrogens (tertiary/aromatic N) is 1. The third-order valence-electron chi connectivity index (χ3n) is 5.26.